The number of fused-ring (bicyclic) bond motifs is 1. The molecule has 4 aromatic rings. The normalized spacial score (nSPS) is 13.0. The van der Waals surface area contributed by atoms with Gasteiger partial charge in [-0.2, -0.15) is 5.26 Å². The maximum atomic E-state index is 13.8. The second-order valence-electron chi connectivity index (χ2n) is 9.51. The zero-order valence-corrected chi connectivity index (χ0v) is 25.5. The summed E-state index contributed by atoms with van der Waals surface area (Å²) >= 11 is 14.8. The van der Waals surface area contributed by atoms with Crippen molar-refractivity contribution in [3.05, 3.63) is 110 Å². The van der Waals surface area contributed by atoms with Gasteiger partial charge in [0.2, 0.25) is 11.8 Å². The molecule has 2 N–H and O–H groups in total. The third-order valence-electron chi connectivity index (χ3n) is 6.71. The number of benzene rings is 3. The fraction of sp³-hybridized carbons (Fsp3) is 0.161. The second kappa shape index (κ2) is 13.0. The highest BCUT2D eigenvalue weighted by atomic mass is 35.5. The van der Waals surface area contributed by atoms with Gasteiger partial charge in [0.1, 0.15) is 16.3 Å². The Hall–Kier alpha value is -3.81. The van der Waals surface area contributed by atoms with Gasteiger partial charge in [-0.3, -0.25) is 14.4 Å². The lowest BCUT2D eigenvalue weighted by Crippen LogP contribution is -2.33. The standard InChI is InChI=1S/C31H24Cl2N4O3S2/c1-18(38)37-13-12-23-25(16-34)31(42-27(23)17-37)36-30(40)28(19-6-3-2-4-7-19)41-22-9-5-8-21(15-22)35-29(39)24-11-10-20(32)14-26(24)33/h2-11,14-15,28H,12-13,17H2,1H3,(H,35,39)(H,36,40). The van der Waals surface area contributed by atoms with E-state index in [1.807, 2.05) is 36.4 Å². The highest BCUT2D eigenvalue weighted by Crippen LogP contribution is 2.40. The molecule has 0 saturated carbocycles. The van der Waals surface area contributed by atoms with Gasteiger partial charge in [0.05, 0.1) is 22.7 Å². The molecule has 11 heteroatoms. The molecule has 0 radical (unpaired) electrons. The van der Waals surface area contributed by atoms with Crippen LogP contribution in [0, 0.1) is 11.3 Å². The van der Waals surface area contributed by atoms with Gasteiger partial charge in [0.25, 0.3) is 5.91 Å². The maximum absolute atomic E-state index is 13.8. The summed E-state index contributed by atoms with van der Waals surface area (Å²) in [7, 11) is 0. The van der Waals surface area contributed by atoms with Gasteiger partial charge in [0, 0.05) is 34.0 Å². The smallest absolute Gasteiger partial charge is 0.257 e. The van der Waals surface area contributed by atoms with E-state index in [2.05, 4.69) is 16.7 Å². The minimum atomic E-state index is -0.651. The Labute approximate surface area is 261 Å². The van der Waals surface area contributed by atoms with Crippen molar-refractivity contribution in [2.75, 3.05) is 17.2 Å². The molecule has 0 saturated heterocycles. The quantitative estimate of drug-likeness (QED) is 0.204. The van der Waals surface area contributed by atoms with Crippen molar-refractivity contribution in [2.24, 2.45) is 0 Å². The Kier molecular flexibility index (Phi) is 9.19. The molecule has 3 aromatic carbocycles. The summed E-state index contributed by atoms with van der Waals surface area (Å²) in [5.41, 5.74) is 2.96. The molecule has 1 atom stereocenters. The largest absolute Gasteiger partial charge is 0.337 e. The molecule has 0 spiro atoms. The number of carbonyl (C=O) groups excluding carboxylic acids is 3. The molecule has 5 rings (SSSR count). The van der Waals surface area contributed by atoms with E-state index >= 15 is 0 Å². The van der Waals surface area contributed by atoms with Crippen LogP contribution in [-0.4, -0.2) is 29.2 Å². The summed E-state index contributed by atoms with van der Waals surface area (Å²) < 4.78 is 0. The molecule has 1 aliphatic rings. The van der Waals surface area contributed by atoms with Crippen LogP contribution in [-0.2, 0) is 22.6 Å². The summed E-state index contributed by atoms with van der Waals surface area (Å²) in [4.78, 5) is 42.0. The van der Waals surface area contributed by atoms with Crippen molar-refractivity contribution >= 4 is 74.7 Å². The van der Waals surface area contributed by atoms with E-state index in [9.17, 15) is 19.6 Å². The number of thioether (sulfide) groups is 1. The van der Waals surface area contributed by atoms with Gasteiger partial charge in [-0.25, -0.2) is 0 Å². The average Bonchev–Trinajstić information content (AvgIpc) is 3.32. The molecule has 7 nitrogen and oxygen atoms in total. The fourth-order valence-corrected chi connectivity index (χ4v) is 7.41. The zero-order chi connectivity index (χ0) is 29.8. The van der Waals surface area contributed by atoms with Crippen molar-refractivity contribution in [3.63, 3.8) is 0 Å². The van der Waals surface area contributed by atoms with Crippen LogP contribution >= 0.6 is 46.3 Å². The Morgan fingerprint density at radius 1 is 1.02 bits per heavy atom. The average molecular weight is 636 g/mol. The third kappa shape index (κ3) is 6.63. The summed E-state index contributed by atoms with van der Waals surface area (Å²) in [6, 6.07) is 23.5. The van der Waals surface area contributed by atoms with Gasteiger partial charge in [-0.15, -0.1) is 23.1 Å². The molecule has 0 bridgehead atoms. The van der Waals surface area contributed by atoms with Gasteiger partial charge >= 0.3 is 0 Å². The fourth-order valence-electron chi connectivity index (χ4n) is 4.61. The van der Waals surface area contributed by atoms with E-state index < -0.39 is 5.25 Å². The number of nitriles is 1. The highest BCUT2D eigenvalue weighted by molar-refractivity contribution is 8.00. The van der Waals surface area contributed by atoms with Crippen LogP contribution in [0.25, 0.3) is 0 Å². The van der Waals surface area contributed by atoms with Gasteiger partial charge < -0.3 is 15.5 Å². The van der Waals surface area contributed by atoms with Crippen LogP contribution in [0.5, 0.6) is 0 Å². The molecule has 0 fully saturated rings. The van der Waals surface area contributed by atoms with Crippen molar-refractivity contribution in [1.82, 2.24) is 4.90 Å². The van der Waals surface area contributed by atoms with E-state index in [-0.39, 0.29) is 22.7 Å². The first-order chi connectivity index (χ1) is 20.2. The minimum absolute atomic E-state index is 0.0200. The Balaban J connectivity index is 1.38. The van der Waals surface area contributed by atoms with Crippen LogP contribution in [0.3, 0.4) is 0 Å². The predicted octanol–water partition coefficient (Wildman–Crippen LogP) is 7.56. The van der Waals surface area contributed by atoms with E-state index in [0.29, 0.717) is 46.3 Å². The highest BCUT2D eigenvalue weighted by Gasteiger charge is 2.29. The Morgan fingerprint density at radius 2 is 1.81 bits per heavy atom. The predicted molar refractivity (Wildman–Crippen MR) is 168 cm³/mol. The minimum Gasteiger partial charge on any atom is -0.337 e. The lowest BCUT2D eigenvalue weighted by molar-refractivity contribution is -0.129. The first-order valence-electron chi connectivity index (χ1n) is 12.9. The van der Waals surface area contributed by atoms with Crippen molar-refractivity contribution < 1.29 is 14.4 Å². The van der Waals surface area contributed by atoms with Crippen LogP contribution < -0.4 is 10.6 Å². The number of thiophene rings is 1. The van der Waals surface area contributed by atoms with Crippen LogP contribution in [0.1, 0.15) is 44.1 Å². The van der Waals surface area contributed by atoms with Crippen molar-refractivity contribution in [2.45, 2.75) is 30.0 Å². The number of hydrogen-bond acceptors (Lipinski definition) is 6. The lowest BCUT2D eigenvalue weighted by Gasteiger charge is -2.25. The molecular formula is C31H24Cl2N4O3S2. The molecule has 3 amide bonds. The first-order valence-corrected chi connectivity index (χ1v) is 15.4. The van der Waals surface area contributed by atoms with Crippen LogP contribution in [0.4, 0.5) is 10.7 Å². The Bertz CT molecular complexity index is 1720. The SMILES string of the molecule is CC(=O)N1CCc2c(sc(NC(=O)C(Sc3cccc(NC(=O)c4ccc(Cl)cc4Cl)c3)c3ccccc3)c2C#N)C1. The molecule has 1 aromatic heterocycles. The molecular weight excluding hydrogens is 611 g/mol. The van der Waals surface area contributed by atoms with Crippen molar-refractivity contribution in [3.8, 4) is 6.07 Å². The topological polar surface area (TPSA) is 102 Å². The number of anilines is 2. The summed E-state index contributed by atoms with van der Waals surface area (Å²) in [5.74, 6) is -0.689. The molecule has 212 valence electrons. The number of nitrogens with one attached hydrogen (secondary N) is 2. The number of halogens is 2. The molecule has 0 aliphatic carbocycles. The third-order valence-corrected chi connectivity index (χ3v) is 9.64. The summed E-state index contributed by atoms with van der Waals surface area (Å²) in [6.45, 7) is 2.50. The zero-order valence-electron chi connectivity index (χ0n) is 22.3. The van der Waals surface area contributed by atoms with Gasteiger partial charge in [-0.05, 0) is 53.9 Å². The molecule has 1 unspecified atom stereocenters. The summed E-state index contributed by atoms with van der Waals surface area (Å²) in [6.07, 6.45) is 0.570. The number of hydrogen-bond donors (Lipinski definition) is 2. The van der Waals surface area contributed by atoms with Crippen LogP contribution in [0.15, 0.2) is 77.7 Å². The van der Waals surface area contributed by atoms with Gasteiger partial charge in [-0.1, -0.05) is 59.6 Å². The van der Waals surface area contributed by atoms with Crippen molar-refractivity contribution in [1.29, 1.82) is 5.26 Å². The maximum Gasteiger partial charge on any atom is 0.257 e. The monoisotopic (exact) mass is 634 g/mol. The van der Waals surface area contributed by atoms with Crippen LogP contribution in [0.2, 0.25) is 10.0 Å². The van der Waals surface area contributed by atoms with E-state index in [4.69, 9.17) is 23.2 Å². The number of nitrogens with zero attached hydrogens (tertiary/aromatic N) is 2. The Morgan fingerprint density at radius 3 is 2.52 bits per heavy atom. The molecule has 1 aliphatic heterocycles. The molecule has 42 heavy (non-hydrogen) atoms. The lowest BCUT2D eigenvalue weighted by atomic mass is 10.0. The summed E-state index contributed by atoms with van der Waals surface area (Å²) in [5, 5.41) is 16.3. The van der Waals surface area contributed by atoms with E-state index in [1.165, 1.54) is 36.1 Å². The van der Waals surface area contributed by atoms with E-state index in [1.54, 1.807) is 35.2 Å². The number of carbonyl (C=O) groups is 3. The second-order valence-corrected chi connectivity index (χ2v) is 12.6. The number of rotatable bonds is 7. The molecule has 2 heterocycles. The first kappa shape index (κ1) is 29.7. The van der Waals surface area contributed by atoms with E-state index in [0.717, 1.165) is 20.9 Å². The van der Waals surface area contributed by atoms with Gasteiger partial charge in [0.15, 0.2) is 0 Å². The number of amides is 3.